The molecule has 1 N–H and O–H groups in total. The minimum Gasteiger partial charge on any atom is -0.481 e. The molecular formula is C12H15N3O2. The molecule has 2 heterocycles. The highest BCUT2D eigenvalue weighted by atomic mass is 16.4. The number of rotatable bonds is 3. The molecule has 0 saturated heterocycles. The van der Waals surface area contributed by atoms with E-state index in [1.54, 1.807) is 12.4 Å². The molecule has 0 amide bonds. The van der Waals surface area contributed by atoms with E-state index in [0.29, 0.717) is 0 Å². The molecule has 2 aromatic rings. The molecule has 5 nitrogen and oxygen atoms in total. The first kappa shape index (κ1) is 11.6. The van der Waals surface area contributed by atoms with Crippen LogP contribution in [0.25, 0.3) is 11.0 Å². The van der Waals surface area contributed by atoms with E-state index >= 15 is 0 Å². The highest BCUT2D eigenvalue weighted by Gasteiger charge is 2.29. The van der Waals surface area contributed by atoms with E-state index in [0.717, 1.165) is 16.9 Å². The summed E-state index contributed by atoms with van der Waals surface area (Å²) in [5.74, 6) is -0.0527. The molecule has 17 heavy (non-hydrogen) atoms. The summed E-state index contributed by atoms with van der Waals surface area (Å²) < 4.78 is 1.93. The molecule has 0 aliphatic rings. The number of aryl methyl sites for hydroxylation is 1. The van der Waals surface area contributed by atoms with Crippen LogP contribution in [0, 0.1) is 0 Å². The van der Waals surface area contributed by atoms with Crippen molar-refractivity contribution in [1.29, 1.82) is 0 Å². The summed E-state index contributed by atoms with van der Waals surface area (Å²) in [4.78, 5) is 19.4. The number of imidazole rings is 1. The molecule has 0 unspecified atom stereocenters. The summed E-state index contributed by atoms with van der Waals surface area (Å²) >= 11 is 0. The van der Waals surface area contributed by atoms with Gasteiger partial charge in [-0.15, -0.1) is 0 Å². The number of carboxylic acids is 1. The van der Waals surface area contributed by atoms with Crippen molar-refractivity contribution >= 4 is 17.0 Å². The molecule has 0 fully saturated rings. The predicted molar refractivity (Wildman–Crippen MR) is 63.8 cm³/mol. The largest absolute Gasteiger partial charge is 0.481 e. The first-order valence-electron chi connectivity index (χ1n) is 5.40. The third-order valence-corrected chi connectivity index (χ3v) is 2.88. The molecule has 0 aliphatic carbocycles. The average Bonchev–Trinajstić information content (AvgIpc) is 2.56. The van der Waals surface area contributed by atoms with Crippen molar-refractivity contribution in [2.75, 3.05) is 0 Å². The topological polar surface area (TPSA) is 68.0 Å². The zero-order valence-corrected chi connectivity index (χ0v) is 10.1. The number of carboxylic acid groups (broad SMARTS) is 1. The summed E-state index contributed by atoms with van der Waals surface area (Å²) in [6.07, 6.45) is 3.45. The molecule has 2 rings (SSSR count). The van der Waals surface area contributed by atoms with E-state index in [4.69, 9.17) is 5.11 Å². The van der Waals surface area contributed by atoms with Crippen LogP contribution in [0.5, 0.6) is 0 Å². The number of nitrogens with zero attached hydrogens (tertiary/aromatic N) is 3. The molecule has 5 heteroatoms. The monoisotopic (exact) mass is 233 g/mol. The Bertz CT molecular complexity index is 572. The lowest BCUT2D eigenvalue weighted by Gasteiger charge is -2.21. The number of pyridine rings is 1. The van der Waals surface area contributed by atoms with Crippen molar-refractivity contribution in [1.82, 2.24) is 14.5 Å². The van der Waals surface area contributed by atoms with Gasteiger partial charge in [0.05, 0.1) is 18.1 Å². The highest BCUT2D eigenvalue weighted by Crippen LogP contribution is 2.28. The minimum absolute atomic E-state index is 0.0532. The highest BCUT2D eigenvalue weighted by molar-refractivity contribution is 5.75. The minimum atomic E-state index is -0.819. The van der Waals surface area contributed by atoms with Crippen molar-refractivity contribution in [3.63, 3.8) is 0 Å². The van der Waals surface area contributed by atoms with Crippen LogP contribution < -0.4 is 0 Å². The molecule has 0 saturated carbocycles. The van der Waals surface area contributed by atoms with Gasteiger partial charge in [-0.25, -0.2) is 4.98 Å². The van der Waals surface area contributed by atoms with Crippen LogP contribution in [0.15, 0.2) is 18.5 Å². The van der Waals surface area contributed by atoms with Crippen LogP contribution in [0.2, 0.25) is 0 Å². The third kappa shape index (κ3) is 2.00. The number of aliphatic carboxylic acids is 1. The molecular weight excluding hydrogens is 218 g/mol. The summed E-state index contributed by atoms with van der Waals surface area (Å²) in [6, 6.07) is 1.88. The van der Waals surface area contributed by atoms with Crippen LogP contribution in [-0.2, 0) is 17.3 Å². The fourth-order valence-electron chi connectivity index (χ4n) is 2.11. The Labute approximate surface area is 99.1 Å². The number of fused-ring (bicyclic) bond motifs is 1. The van der Waals surface area contributed by atoms with Crippen molar-refractivity contribution < 1.29 is 9.90 Å². The Morgan fingerprint density at radius 1 is 1.53 bits per heavy atom. The summed E-state index contributed by atoms with van der Waals surface area (Å²) in [5.41, 5.74) is 1.26. The van der Waals surface area contributed by atoms with Crippen molar-refractivity contribution in [3.8, 4) is 0 Å². The maximum absolute atomic E-state index is 10.9. The first-order valence-corrected chi connectivity index (χ1v) is 5.40. The van der Waals surface area contributed by atoms with Crippen LogP contribution >= 0.6 is 0 Å². The Hall–Kier alpha value is -1.91. The van der Waals surface area contributed by atoms with Gasteiger partial charge in [-0.05, 0) is 6.07 Å². The van der Waals surface area contributed by atoms with E-state index in [1.165, 1.54) is 0 Å². The van der Waals surface area contributed by atoms with Crippen molar-refractivity contribution in [3.05, 3.63) is 24.3 Å². The van der Waals surface area contributed by atoms with Crippen LogP contribution in [0.1, 0.15) is 26.1 Å². The predicted octanol–water partition coefficient (Wildman–Crippen LogP) is 1.72. The van der Waals surface area contributed by atoms with Crippen LogP contribution in [0.4, 0.5) is 0 Å². The van der Waals surface area contributed by atoms with Crippen LogP contribution in [-0.4, -0.2) is 25.6 Å². The smallest absolute Gasteiger partial charge is 0.304 e. The molecule has 0 aliphatic heterocycles. The lowest BCUT2D eigenvalue weighted by atomic mass is 9.88. The number of hydrogen-bond donors (Lipinski definition) is 1. The van der Waals surface area contributed by atoms with E-state index in [2.05, 4.69) is 9.97 Å². The number of carbonyl (C=O) groups is 1. The summed E-state index contributed by atoms with van der Waals surface area (Å²) in [7, 11) is 1.90. The van der Waals surface area contributed by atoms with Gasteiger partial charge in [-0.2, -0.15) is 0 Å². The second-order valence-corrected chi connectivity index (χ2v) is 4.81. The zero-order valence-electron chi connectivity index (χ0n) is 10.1. The van der Waals surface area contributed by atoms with Gasteiger partial charge in [-0.1, -0.05) is 13.8 Å². The average molecular weight is 233 g/mol. The van der Waals surface area contributed by atoms with E-state index in [9.17, 15) is 4.79 Å². The lowest BCUT2D eigenvalue weighted by molar-refractivity contribution is -0.138. The van der Waals surface area contributed by atoms with Gasteiger partial charge in [0, 0.05) is 18.7 Å². The fraction of sp³-hybridized carbons (Fsp3) is 0.417. The maximum Gasteiger partial charge on any atom is 0.304 e. The molecule has 0 spiro atoms. The van der Waals surface area contributed by atoms with Gasteiger partial charge in [0.1, 0.15) is 11.3 Å². The Morgan fingerprint density at radius 3 is 2.82 bits per heavy atom. The second-order valence-electron chi connectivity index (χ2n) is 4.81. The first-order chi connectivity index (χ1) is 7.92. The Morgan fingerprint density at radius 2 is 2.24 bits per heavy atom. The quantitative estimate of drug-likeness (QED) is 0.876. The SMILES string of the molecule is Cn1c(C(C)(C)CC(=O)O)nc2cnccc21. The second kappa shape index (κ2) is 3.84. The van der Waals surface area contributed by atoms with E-state index in [1.807, 2.05) is 31.5 Å². The van der Waals surface area contributed by atoms with Gasteiger partial charge in [-0.3, -0.25) is 9.78 Å². The summed E-state index contributed by atoms with van der Waals surface area (Å²) in [5, 5.41) is 8.93. The van der Waals surface area contributed by atoms with Gasteiger partial charge in [0.25, 0.3) is 0 Å². The Kier molecular flexibility index (Phi) is 2.61. The van der Waals surface area contributed by atoms with Gasteiger partial charge in [0.2, 0.25) is 0 Å². The standard InChI is InChI=1S/C12H15N3O2/c1-12(2,6-10(16)17)11-14-8-7-13-5-4-9(8)15(11)3/h4-5,7H,6H2,1-3H3,(H,16,17). The van der Waals surface area contributed by atoms with Crippen molar-refractivity contribution in [2.24, 2.45) is 7.05 Å². The third-order valence-electron chi connectivity index (χ3n) is 2.88. The zero-order chi connectivity index (χ0) is 12.6. The summed E-state index contributed by atoms with van der Waals surface area (Å²) in [6.45, 7) is 3.77. The molecule has 90 valence electrons. The normalized spacial score (nSPS) is 11.9. The maximum atomic E-state index is 10.9. The molecule has 0 bridgehead atoms. The molecule has 0 aromatic carbocycles. The van der Waals surface area contributed by atoms with E-state index in [-0.39, 0.29) is 6.42 Å². The fourth-order valence-corrected chi connectivity index (χ4v) is 2.11. The van der Waals surface area contributed by atoms with Gasteiger partial charge < -0.3 is 9.67 Å². The van der Waals surface area contributed by atoms with Crippen molar-refractivity contribution in [2.45, 2.75) is 25.7 Å². The Balaban J connectivity index is 2.55. The molecule has 0 atom stereocenters. The van der Waals surface area contributed by atoms with E-state index < -0.39 is 11.4 Å². The number of hydrogen-bond acceptors (Lipinski definition) is 3. The molecule has 0 radical (unpaired) electrons. The molecule has 2 aromatic heterocycles. The lowest BCUT2D eigenvalue weighted by Crippen LogP contribution is -2.25. The van der Waals surface area contributed by atoms with Gasteiger partial charge >= 0.3 is 5.97 Å². The van der Waals surface area contributed by atoms with Crippen LogP contribution in [0.3, 0.4) is 0 Å². The van der Waals surface area contributed by atoms with Gasteiger partial charge in [0.15, 0.2) is 0 Å². The number of aromatic nitrogens is 3.